The standard InChI is InChI=1S/C16H14Cl2N4OS/c1-23-13-6-3-10(4-7-13)15-20-21-16(22(15)19)24-9-11-2-5-12(17)8-14(11)18/h2-8H,9,19H2,1H3. The van der Waals surface area contributed by atoms with Crippen molar-refractivity contribution in [2.45, 2.75) is 10.9 Å². The van der Waals surface area contributed by atoms with Crippen LogP contribution in [-0.2, 0) is 5.75 Å². The molecular weight excluding hydrogens is 367 g/mol. The van der Waals surface area contributed by atoms with Crippen LogP contribution in [0.2, 0.25) is 10.0 Å². The smallest absolute Gasteiger partial charge is 0.210 e. The summed E-state index contributed by atoms with van der Waals surface area (Å²) in [6.45, 7) is 0. The van der Waals surface area contributed by atoms with Crippen molar-refractivity contribution in [1.82, 2.24) is 14.9 Å². The van der Waals surface area contributed by atoms with Gasteiger partial charge in [-0.2, -0.15) is 0 Å². The minimum atomic E-state index is 0.586. The first-order valence-electron chi connectivity index (χ1n) is 7.00. The van der Waals surface area contributed by atoms with E-state index < -0.39 is 0 Å². The third-order valence-electron chi connectivity index (χ3n) is 3.38. The van der Waals surface area contributed by atoms with Crippen molar-refractivity contribution in [1.29, 1.82) is 0 Å². The van der Waals surface area contributed by atoms with Gasteiger partial charge >= 0.3 is 0 Å². The molecule has 0 aliphatic rings. The van der Waals surface area contributed by atoms with Gasteiger partial charge in [-0.1, -0.05) is 41.0 Å². The zero-order valence-corrected chi connectivity index (χ0v) is 15.1. The third-order valence-corrected chi connectivity index (χ3v) is 4.96. The number of methoxy groups -OCH3 is 1. The Hall–Kier alpha value is -1.89. The maximum Gasteiger partial charge on any atom is 0.210 e. The molecule has 2 N–H and O–H groups in total. The molecule has 0 fully saturated rings. The van der Waals surface area contributed by atoms with Gasteiger partial charge in [0.1, 0.15) is 5.75 Å². The van der Waals surface area contributed by atoms with Crippen LogP contribution in [-0.4, -0.2) is 22.0 Å². The normalized spacial score (nSPS) is 10.8. The van der Waals surface area contributed by atoms with Crippen LogP contribution in [0, 0.1) is 0 Å². The fourth-order valence-corrected chi connectivity index (χ4v) is 3.51. The highest BCUT2D eigenvalue weighted by Crippen LogP contribution is 2.29. The number of hydrogen-bond acceptors (Lipinski definition) is 5. The Bertz CT molecular complexity index is 852. The summed E-state index contributed by atoms with van der Waals surface area (Å²) in [6, 6.07) is 12.9. The molecule has 0 aliphatic carbocycles. The fraction of sp³-hybridized carbons (Fsp3) is 0.125. The second-order valence-electron chi connectivity index (χ2n) is 4.93. The van der Waals surface area contributed by atoms with Gasteiger partial charge in [0.25, 0.3) is 0 Å². The Morgan fingerprint density at radius 3 is 2.54 bits per heavy atom. The Labute approximate surface area is 153 Å². The number of halogens is 2. The highest BCUT2D eigenvalue weighted by molar-refractivity contribution is 7.98. The van der Waals surface area contributed by atoms with Crippen LogP contribution in [0.1, 0.15) is 5.56 Å². The first kappa shape index (κ1) is 17.0. The van der Waals surface area contributed by atoms with Gasteiger partial charge in [-0.15, -0.1) is 10.2 Å². The molecule has 1 aromatic heterocycles. The van der Waals surface area contributed by atoms with Crippen LogP contribution < -0.4 is 10.6 Å². The van der Waals surface area contributed by atoms with Crippen molar-refractivity contribution in [3.05, 3.63) is 58.1 Å². The van der Waals surface area contributed by atoms with E-state index in [9.17, 15) is 0 Å². The maximum atomic E-state index is 6.18. The molecule has 0 unspecified atom stereocenters. The Kier molecular flexibility index (Phi) is 5.18. The molecule has 0 spiro atoms. The summed E-state index contributed by atoms with van der Waals surface area (Å²) in [5.41, 5.74) is 1.82. The van der Waals surface area contributed by atoms with Crippen LogP contribution in [0.15, 0.2) is 47.6 Å². The zero-order valence-electron chi connectivity index (χ0n) is 12.7. The first-order chi connectivity index (χ1) is 11.6. The molecule has 0 saturated carbocycles. The molecule has 0 bridgehead atoms. The van der Waals surface area contributed by atoms with E-state index >= 15 is 0 Å². The lowest BCUT2D eigenvalue weighted by molar-refractivity contribution is 0.415. The highest BCUT2D eigenvalue weighted by Gasteiger charge is 2.13. The van der Waals surface area contributed by atoms with Gasteiger partial charge in [-0.05, 0) is 42.0 Å². The quantitative estimate of drug-likeness (QED) is 0.528. The number of aromatic nitrogens is 3. The summed E-state index contributed by atoms with van der Waals surface area (Å²) >= 11 is 13.5. The number of thioether (sulfide) groups is 1. The molecule has 3 rings (SSSR count). The molecule has 0 atom stereocenters. The number of nitrogen functional groups attached to an aromatic ring is 1. The molecule has 2 aromatic carbocycles. The summed E-state index contributed by atoms with van der Waals surface area (Å²) in [7, 11) is 1.62. The lowest BCUT2D eigenvalue weighted by Gasteiger charge is -2.06. The third kappa shape index (κ3) is 3.61. The number of benzene rings is 2. The van der Waals surface area contributed by atoms with Gasteiger partial charge in [0.15, 0.2) is 5.82 Å². The van der Waals surface area contributed by atoms with E-state index in [0.717, 1.165) is 16.9 Å². The van der Waals surface area contributed by atoms with Crippen molar-refractivity contribution in [2.24, 2.45) is 0 Å². The molecule has 0 amide bonds. The average molecular weight is 381 g/mol. The van der Waals surface area contributed by atoms with Gasteiger partial charge in [-0.25, -0.2) is 4.68 Å². The van der Waals surface area contributed by atoms with Crippen LogP contribution in [0.25, 0.3) is 11.4 Å². The molecule has 0 saturated heterocycles. The van der Waals surface area contributed by atoms with Crippen LogP contribution in [0.4, 0.5) is 0 Å². The lowest BCUT2D eigenvalue weighted by atomic mass is 10.2. The van der Waals surface area contributed by atoms with Crippen molar-refractivity contribution >= 4 is 35.0 Å². The van der Waals surface area contributed by atoms with Crippen LogP contribution in [0.3, 0.4) is 0 Å². The first-order valence-corrected chi connectivity index (χ1v) is 8.74. The molecular formula is C16H14Cl2N4OS. The van der Waals surface area contributed by atoms with E-state index in [1.807, 2.05) is 30.3 Å². The fourth-order valence-electron chi connectivity index (χ4n) is 2.09. The zero-order chi connectivity index (χ0) is 17.1. The van der Waals surface area contributed by atoms with Gasteiger partial charge in [0.2, 0.25) is 5.16 Å². The molecule has 3 aromatic rings. The molecule has 124 valence electrons. The SMILES string of the molecule is COc1ccc(-c2nnc(SCc3ccc(Cl)cc3Cl)n2N)cc1. The van der Waals surface area contributed by atoms with Gasteiger partial charge in [-0.3, -0.25) is 0 Å². The molecule has 0 aliphatic heterocycles. The second-order valence-corrected chi connectivity index (χ2v) is 6.72. The molecule has 0 radical (unpaired) electrons. The topological polar surface area (TPSA) is 66.0 Å². The van der Waals surface area contributed by atoms with Crippen LogP contribution in [0.5, 0.6) is 5.75 Å². The predicted molar refractivity (Wildman–Crippen MR) is 98.2 cm³/mol. The molecule has 8 heteroatoms. The van der Waals surface area contributed by atoms with Crippen molar-refractivity contribution in [3.8, 4) is 17.1 Å². The largest absolute Gasteiger partial charge is 0.497 e. The number of nitrogens with zero attached hydrogens (tertiary/aromatic N) is 3. The van der Waals surface area contributed by atoms with Crippen LogP contribution >= 0.6 is 35.0 Å². The van der Waals surface area contributed by atoms with E-state index in [-0.39, 0.29) is 0 Å². The average Bonchev–Trinajstić information content (AvgIpc) is 2.95. The van der Waals surface area contributed by atoms with Crippen molar-refractivity contribution in [3.63, 3.8) is 0 Å². The summed E-state index contributed by atoms with van der Waals surface area (Å²) in [6.07, 6.45) is 0. The van der Waals surface area contributed by atoms with Crippen molar-refractivity contribution < 1.29 is 4.74 Å². The van der Waals surface area contributed by atoms with E-state index in [4.69, 9.17) is 33.8 Å². The van der Waals surface area contributed by atoms with E-state index in [1.54, 1.807) is 19.2 Å². The molecule has 1 heterocycles. The molecule has 5 nitrogen and oxygen atoms in total. The summed E-state index contributed by atoms with van der Waals surface area (Å²) in [5.74, 6) is 8.09. The van der Waals surface area contributed by atoms with Gasteiger partial charge in [0, 0.05) is 21.4 Å². The number of nitrogens with two attached hydrogens (primary N) is 1. The minimum absolute atomic E-state index is 0.586. The Morgan fingerprint density at radius 1 is 1.12 bits per heavy atom. The highest BCUT2D eigenvalue weighted by atomic mass is 35.5. The van der Waals surface area contributed by atoms with Crippen molar-refractivity contribution in [2.75, 3.05) is 13.0 Å². The van der Waals surface area contributed by atoms with E-state index in [1.165, 1.54) is 16.4 Å². The second kappa shape index (κ2) is 7.34. The lowest BCUT2D eigenvalue weighted by Crippen LogP contribution is -2.11. The number of ether oxygens (including phenoxy) is 1. The summed E-state index contributed by atoms with van der Waals surface area (Å²) < 4.78 is 6.62. The van der Waals surface area contributed by atoms with Gasteiger partial charge < -0.3 is 10.6 Å². The maximum absolute atomic E-state index is 6.18. The summed E-state index contributed by atoms with van der Waals surface area (Å²) in [4.78, 5) is 0. The predicted octanol–water partition coefficient (Wildman–Crippen LogP) is 4.27. The van der Waals surface area contributed by atoms with E-state index in [2.05, 4.69) is 10.2 Å². The Morgan fingerprint density at radius 2 is 1.88 bits per heavy atom. The summed E-state index contributed by atoms with van der Waals surface area (Å²) in [5, 5.41) is 10.1. The Balaban J connectivity index is 1.77. The number of rotatable bonds is 5. The number of hydrogen-bond donors (Lipinski definition) is 1. The van der Waals surface area contributed by atoms with E-state index in [0.29, 0.717) is 26.8 Å². The van der Waals surface area contributed by atoms with Gasteiger partial charge in [0.05, 0.1) is 7.11 Å². The monoisotopic (exact) mass is 380 g/mol. The molecule has 24 heavy (non-hydrogen) atoms. The minimum Gasteiger partial charge on any atom is -0.497 e.